The molecule has 0 spiro atoms. The molecule has 1 fully saturated rings. The summed E-state index contributed by atoms with van der Waals surface area (Å²) in [5.41, 5.74) is 9.45. The minimum atomic E-state index is -0.165. The summed E-state index contributed by atoms with van der Waals surface area (Å²) in [6.07, 6.45) is 3.99. The molecule has 7 heteroatoms. The molecule has 2 atom stereocenters. The number of amides is 1. The van der Waals surface area contributed by atoms with Crippen molar-refractivity contribution in [2.24, 2.45) is 4.99 Å². The van der Waals surface area contributed by atoms with Gasteiger partial charge in [0, 0.05) is 30.6 Å². The van der Waals surface area contributed by atoms with Gasteiger partial charge in [-0.2, -0.15) is 0 Å². The number of nitrogens with zero attached hydrogens (tertiary/aromatic N) is 2. The van der Waals surface area contributed by atoms with Crippen molar-refractivity contribution < 1.29 is 14.3 Å². The summed E-state index contributed by atoms with van der Waals surface area (Å²) >= 11 is 1.36. The van der Waals surface area contributed by atoms with Crippen LogP contribution in [-0.2, 0) is 11.4 Å². The van der Waals surface area contributed by atoms with Crippen LogP contribution in [-0.4, -0.2) is 31.3 Å². The number of ether oxygens (including phenoxy) is 2. The molecule has 0 radical (unpaired) electrons. The Morgan fingerprint density at radius 2 is 1.41 bits per heavy atom. The van der Waals surface area contributed by atoms with E-state index in [1.54, 1.807) is 7.11 Å². The zero-order valence-corrected chi connectivity index (χ0v) is 28.2. The van der Waals surface area contributed by atoms with Gasteiger partial charge in [-0.1, -0.05) is 97.1 Å². The van der Waals surface area contributed by atoms with Crippen LogP contribution in [0.5, 0.6) is 11.5 Å². The number of hydrogen-bond donors (Lipinski definition) is 1. The van der Waals surface area contributed by atoms with Gasteiger partial charge in [0.15, 0.2) is 16.7 Å². The molecule has 1 saturated heterocycles. The number of hydrogen-bond acceptors (Lipinski definition) is 6. The summed E-state index contributed by atoms with van der Waals surface area (Å²) in [6, 6.07) is 41.9. The molecule has 5 aromatic rings. The molecule has 5 aromatic carbocycles. The van der Waals surface area contributed by atoms with Crippen LogP contribution in [0.1, 0.15) is 58.1 Å². The fourth-order valence-electron chi connectivity index (χ4n) is 7.28. The topological polar surface area (TPSA) is 63.2 Å². The van der Waals surface area contributed by atoms with Gasteiger partial charge in [0.05, 0.1) is 17.7 Å². The Hall–Kier alpha value is -5.27. The Labute approximate surface area is 291 Å². The van der Waals surface area contributed by atoms with Crippen molar-refractivity contribution in [2.45, 2.75) is 31.3 Å². The number of thioether (sulfide) groups is 1. The first-order valence-electron chi connectivity index (χ1n) is 16.8. The second kappa shape index (κ2) is 13.7. The van der Waals surface area contributed by atoms with Crippen LogP contribution in [0.15, 0.2) is 131 Å². The van der Waals surface area contributed by atoms with Crippen LogP contribution in [0.25, 0.3) is 6.08 Å². The molecular formula is C42H37N3O3S. The molecule has 0 saturated carbocycles. The van der Waals surface area contributed by atoms with Crippen molar-refractivity contribution in [3.8, 4) is 11.5 Å². The van der Waals surface area contributed by atoms with Gasteiger partial charge in [0.25, 0.3) is 5.91 Å². The van der Waals surface area contributed by atoms with Crippen molar-refractivity contribution >= 4 is 40.3 Å². The molecule has 0 unspecified atom stereocenters. The lowest BCUT2D eigenvalue weighted by Gasteiger charge is -2.43. The molecule has 3 aliphatic heterocycles. The molecule has 49 heavy (non-hydrogen) atoms. The summed E-state index contributed by atoms with van der Waals surface area (Å²) in [4.78, 5) is 21.4. The first kappa shape index (κ1) is 31.0. The van der Waals surface area contributed by atoms with Crippen molar-refractivity contribution in [3.05, 3.63) is 160 Å². The van der Waals surface area contributed by atoms with Crippen LogP contribution in [0, 0.1) is 0 Å². The van der Waals surface area contributed by atoms with Gasteiger partial charge in [-0.3, -0.25) is 4.79 Å². The number of benzene rings is 5. The van der Waals surface area contributed by atoms with Gasteiger partial charge in [-0.25, -0.2) is 4.99 Å². The van der Waals surface area contributed by atoms with E-state index in [9.17, 15) is 4.79 Å². The molecule has 0 aromatic heterocycles. The van der Waals surface area contributed by atoms with E-state index in [0.29, 0.717) is 28.2 Å². The number of rotatable bonds is 8. The Morgan fingerprint density at radius 3 is 2.02 bits per heavy atom. The smallest absolute Gasteiger partial charge is 0.264 e. The molecule has 1 N–H and O–H groups in total. The summed E-state index contributed by atoms with van der Waals surface area (Å²) in [7, 11) is 1.62. The van der Waals surface area contributed by atoms with E-state index in [-0.39, 0.29) is 17.7 Å². The summed E-state index contributed by atoms with van der Waals surface area (Å²) in [5, 5.41) is 3.59. The third-order valence-corrected chi connectivity index (χ3v) is 10.5. The first-order valence-corrected chi connectivity index (χ1v) is 17.6. The number of methoxy groups -OCH3 is 1. The normalized spacial score (nSPS) is 19.9. The first-order chi connectivity index (χ1) is 24.1. The lowest BCUT2D eigenvalue weighted by Crippen LogP contribution is -2.37. The predicted molar refractivity (Wildman–Crippen MR) is 199 cm³/mol. The van der Waals surface area contributed by atoms with Crippen LogP contribution in [0.2, 0.25) is 0 Å². The van der Waals surface area contributed by atoms with Crippen LogP contribution < -0.4 is 19.7 Å². The number of aliphatic imine (C=N–C) groups is 1. The van der Waals surface area contributed by atoms with Gasteiger partial charge in [0.1, 0.15) is 6.61 Å². The highest BCUT2D eigenvalue weighted by molar-refractivity contribution is 8.18. The van der Waals surface area contributed by atoms with Crippen molar-refractivity contribution in [1.29, 1.82) is 0 Å². The van der Waals surface area contributed by atoms with Crippen molar-refractivity contribution in [3.63, 3.8) is 0 Å². The standard InChI is InChI=1S/C42H37N3O3S/c1-47-38-23-29(17-18-37(38)48-27-28-11-5-2-6-12-28)24-39-41(46)44-42(49-39)43-32-25-35-33(30-13-7-3-8-14-30)19-21-45-22-20-34(36(26-32)40(35)45)31-15-9-4-10-16-31/h2-18,23-26,33-34H,19-22,27H2,1H3,(H,43,44,46)/b39-24-/t33-,34-/m1/s1. The number of amidine groups is 1. The SMILES string of the molecule is COc1cc(/C=C2\SC(=Nc3cc4c5c(c3)[C@@H](c3ccccc3)CCN5CC[C@@H]4c3ccccc3)NC2=O)ccc1OCc1ccccc1. The van der Waals surface area contributed by atoms with E-state index in [0.717, 1.165) is 42.7 Å². The summed E-state index contributed by atoms with van der Waals surface area (Å²) in [6.45, 7) is 2.52. The largest absolute Gasteiger partial charge is 0.493 e. The maximum Gasteiger partial charge on any atom is 0.264 e. The number of carbonyl (C=O) groups excluding carboxylic acids is 1. The van der Waals surface area contributed by atoms with Gasteiger partial charge in [0.2, 0.25) is 0 Å². The van der Waals surface area contributed by atoms with E-state index in [1.807, 2.05) is 54.6 Å². The lowest BCUT2D eigenvalue weighted by atomic mass is 9.76. The maximum absolute atomic E-state index is 13.2. The third kappa shape index (κ3) is 6.46. The molecule has 0 bridgehead atoms. The highest BCUT2D eigenvalue weighted by Crippen LogP contribution is 2.50. The molecular weight excluding hydrogens is 627 g/mol. The molecule has 3 heterocycles. The molecule has 0 aliphatic carbocycles. The van der Waals surface area contributed by atoms with Gasteiger partial charge >= 0.3 is 0 Å². The van der Waals surface area contributed by atoms with E-state index in [4.69, 9.17) is 14.5 Å². The van der Waals surface area contributed by atoms with E-state index >= 15 is 0 Å². The Bertz CT molecular complexity index is 1970. The van der Waals surface area contributed by atoms with Crippen LogP contribution in [0.3, 0.4) is 0 Å². The number of nitrogens with one attached hydrogen (secondary N) is 1. The third-order valence-electron chi connectivity index (χ3n) is 9.60. The van der Waals surface area contributed by atoms with Crippen molar-refractivity contribution in [2.75, 3.05) is 25.1 Å². The molecule has 8 rings (SSSR count). The van der Waals surface area contributed by atoms with E-state index in [2.05, 4.69) is 83.0 Å². The van der Waals surface area contributed by atoms with E-state index < -0.39 is 0 Å². The zero-order chi connectivity index (χ0) is 33.2. The predicted octanol–water partition coefficient (Wildman–Crippen LogP) is 9.04. The van der Waals surface area contributed by atoms with Gasteiger partial charge in [-0.05, 0) is 88.3 Å². The Balaban J connectivity index is 1.10. The van der Waals surface area contributed by atoms with Gasteiger partial charge in [-0.15, -0.1) is 0 Å². The Morgan fingerprint density at radius 1 is 0.796 bits per heavy atom. The summed E-state index contributed by atoms with van der Waals surface area (Å²) < 4.78 is 11.7. The summed E-state index contributed by atoms with van der Waals surface area (Å²) in [5.74, 6) is 1.67. The van der Waals surface area contributed by atoms with Crippen LogP contribution in [0.4, 0.5) is 11.4 Å². The van der Waals surface area contributed by atoms with Gasteiger partial charge < -0.3 is 19.7 Å². The maximum atomic E-state index is 13.2. The van der Waals surface area contributed by atoms with Crippen LogP contribution >= 0.6 is 11.8 Å². The van der Waals surface area contributed by atoms with E-state index in [1.165, 1.54) is 39.7 Å². The second-order valence-corrected chi connectivity index (χ2v) is 13.7. The fourth-order valence-corrected chi connectivity index (χ4v) is 8.12. The lowest BCUT2D eigenvalue weighted by molar-refractivity contribution is -0.115. The minimum absolute atomic E-state index is 0.165. The quantitative estimate of drug-likeness (QED) is 0.168. The highest BCUT2D eigenvalue weighted by atomic mass is 32.2. The van der Waals surface area contributed by atoms with Crippen molar-refractivity contribution in [1.82, 2.24) is 5.32 Å². The minimum Gasteiger partial charge on any atom is -0.493 e. The molecule has 244 valence electrons. The zero-order valence-electron chi connectivity index (χ0n) is 27.3. The average molecular weight is 664 g/mol. The molecule has 3 aliphatic rings. The molecule has 6 nitrogen and oxygen atoms in total. The highest BCUT2D eigenvalue weighted by Gasteiger charge is 2.35. The second-order valence-electron chi connectivity index (χ2n) is 12.6. The monoisotopic (exact) mass is 663 g/mol. The Kier molecular flexibility index (Phi) is 8.67. The fraction of sp³-hybridized carbons (Fsp3) is 0.190. The average Bonchev–Trinajstić information content (AvgIpc) is 3.49. The number of carbonyl (C=O) groups is 1. The number of anilines is 1. The molecule has 1 amide bonds.